The van der Waals surface area contributed by atoms with Gasteiger partial charge in [-0.05, 0) is 6.07 Å². The summed E-state index contributed by atoms with van der Waals surface area (Å²) in [6.07, 6.45) is 0. The highest BCUT2D eigenvalue weighted by atomic mass is 35.5. The van der Waals surface area contributed by atoms with Crippen molar-refractivity contribution in [3.63, 3.8) is 0 Å². The van der Waals surface area contributed by atoms with Crippen LogP contribution in [0, 0.1) is 0 Å². The Hall–Kier alpha value is 0.422. The van der Waals surface area contributed by atoms with Gasteiger partial charge in [0.2, 0.25) is 0 Å². The summed E-state index contributed by atoms with van der Waals surface area (Å²) >= 11 is 2.44. The zero-order valence-corrected chi connectivity index (χ0v) is 9.16. The second-order valence-corrected chi connectivity index (χ2v) is 2.18. The van der Waals surface area contributed by atoms with Crippen molar-refractivity contribution in [1.29, 1.82) is 0 Å². The number of hydrogen-bond donors (Lipinski definition) is 1. The summed E-state index contributed by atoms with van der Waals surface area (Å²) in [7, 11) is 0. The molecule has 0 atom stereocenters. The average molecular weight is 229 g/mol. The van der Waals surface area contributed by atoms with Crippen LogP contribution >= 0.6 is 37.2 Å². The van der Waals surface area contributed by atoms with E-state index in [4.69, 9.17) is 5.11 Å². The lowest BCUT2D eigenvalue weighted by Gasteiger charge is -1.93. The van der Waals surface area contributed by atoms with Gasteiger partial charge in [-0.3, -0.25) is 0 Å². The molecule has 0 spiro atoms. The first-order chi connectivity index (χ1) is 3.80. The Bertz CT molecular complexity index is 174. The van der Waals surface area contributed by atoms with E-state index in [1.54, 1.807) is 12.1 Å². The van der Waals surface area contributed by atoms with Gasteiger partial charge < -0.3 is 5.11 Å². The quantitative estimate of drug-likeness (QED) is 0.668. The highest BCUT2D eigenvalue weighted by Crippen LogP contribution is 1.98. The molecule has 11 heavy (non-hydrogen) atoms. The Labute approximate surface area is 92.8 Å². The van der Waals surface area contributed by atoms with Crippen molar-refractivity contribution in [3.05, 3.63) is 24.3 Å². The molecular formula is C6H8AlCl3O. The molecular weight excluding hydrogens is 221 g/mol. The Kier molecular flexibility index (Phi) is 13.5. The van der Waals surface area contributed by atoms with E-state index in [0.717, 1.165) is 4.43 Å². The van der Waals surface area contributed by atoms with E-state index in [1.165, 1.54) is 0 Å². The molecule has 0 aliphatic heterocycles. The third kappa shape index (κ3) is 5.67. The topological polar surface area (TPSA) is 20.2 Å². The minimum Gasteiger partial charge on any atom is -0.509 e. The van der Waals surface area contributed by atoms with Crippen LogP contribution in [0.3, 0.4) is 0 Å². The van der Waals surface area contributed by atoms with Crippen molar-refractivity contribution in [2.24, 2.45) is 0 Å². The van der Waals surface area contributed by atoms with Crippen LogP contribution in [-0.2, 0) is 0 Å². The molecule has 1 aromatic carbocycles. The molecule has 2 radical (unpaired) electrons. The second-order valence-electron chi connectivity index (χ2n) is 1.56. The molecule has 0 fully saturated rings. The fourth-order valence-electron chi connectivity index (χ4n) is 0.488. The first-order valence-electron chi connectivity index (χ1n) is 2.34. The molecule has 0 bridgehead atoms. The van der Waals surface area contributed by atoms with E-state index >= 15 is 0 Å². The van der Waals surface area contributed by atoms with Gasteiger partial charge in [-0.15, -0.1) is 37.2 Å². The fourth-order valence-corrected chi connectivity index (χ4v) is 0.695. The molecule has 1 nitrogen and oxygen atoms in total. The summed E-state index contributed by atoms with van der Waals surface area (Å²) in [5, 5.41) is 8.90. The molecule has 62 valence electrons. The SMILES string of the molecule is Cl.Cl.Cl.Oc1cccc[c]1[Al]. The molecule has 0 saturated heterocycles. The van der Waals surface area contributed by atoms with Crippen molar-refractivity contribution < 1.29 is 5.11 Å². The Morgan fingerprint density at radius 2 is 1.45 bits per heavy atom. The number of hydrogen-bond acceptors (Lipinski definition) is 1. The number of para-hydroxylation sites is 1. The van der Waals surface area contributed by atoms with Gasteiger partial charge in [0.15, 0.2) is 16.3 Å². The predicted molar refractivity (Wildman–Crippen MR) is 55.2 cm³/mol. The number of phenolic OH excluding ortho intramolecular Hbond substituents is 1. The molecule has 0 aliphatic rings. The van der Waals surface area contributed by atoms with E-state index in [9.17, 15) is 0 Å². The van der Waals surface area contributed by atoms with E-state index in [0.29, 0.717) is 5.75 Å². The molecule has 0 aliphatic carbocycles. The van der Waals surface area contributed by atoms with Gasteiger partial charge in [0.1, 0.15) is 0 Å². The monoisotopic (exact) mass is 228 g/mol. The summed E-state index contributed by atoms with van der Waals surface area (Å²) in [6.45, 7) is 0. The van der Waals surface area contributed by atoms with E-state index in [2.05, 4.69) is 16.3 Å². The van der Waals surface area contributed by atoms with Crippen LogP contribution < -0.4 is 4.43 Å². The molecule has 5 heteroatoms. The van der Waals surface area contributed by atoms with Gasteiger partial charge in [0.05, 0.1) is 5.75 Å². The van der Waals surface area contributed by atoms with Crippen LogP contribution in [0.1, 0.15) is 0 Å². The van der Waals surface area contributed by atoms with Crippen molar-refractivity contribution >= 4 is 57.9 Å². The average Bonchev–Trinajstić information content (AvgIpc) is 1.77. The fraction of sp³-hybridized carbons (Fsp3) is 0. The van der Waals surface area contributed by atoms with Crippen LogP contribution in [0.25, 0.3) is 0 Å². The molecule has 1 N–H and O–H groups in total. The number of phenols is 1. The van der Waals surface area contributed by atoms with Crippen LogP contribution in [0.2, 0.25) is 0 Å². The van der Waals surface area contributed by atoms with Crippen molar-refractivity contribution in [3.8, 4) is 5.75 Å². The molecule has 1 aromatic rings. The maximum Gasteiger partial charge on any atom is 0.181 e. The first-order valence-corrected chi connectivity index (χ1v) is 2.92. The number of aromatic hydroxyl groups is 1. The third-order valence-corrected chi connectivity index (χ3v) is 1.42. The Morgan fingerprint density at radius 1 is 1.00 bits per heavy atom. The van der Waals surface area contributed by atoms with Crippen LogP contribution in [-0.4, -0.2) is 21.4 Å². The standard InChI is InChI=1S/C6H5O.Al.3ClH/c7-6-4-2-1-3-5-6;;;;/h1-4,7H;;3*1H. The number of rotatable bonds is 0. The van der Waals surface area contributed by atoms with Gasteiger partial charge in [0, 0.05) is 0 Å². The maximum absolute atomic E-state index is 8.90. The molecule has 0 saturated carbocycles. The number of benzene rings is 1. The summed E-state index contributed by atoms with van der Waals surface area (Å²) in [5.74, 6) is 0.331. The largest absolute Gasteiger partial charge is 0.509 e. The van der Waals surface area contributed by atoms with Gasteiger partial charge in [-0.1, -0.05) is 22.6 Å². The number of halogens is 3. The molecule has 0 heterocycles. The first kappa shape index (κ1) is 17.5. The van der Waals surface area contributed by atoms with Crippen molar-refractivity contribution in [1.82, 2.24) is 0 Å². The predicted octanol–water partition coefficient (Wildman–Crippen LogP) is 1.45. The van der Waals surface area contributed by atoms with Gasteiger partial charge in [-0.25, -0.2) is 0 Å². The molecule has 1 rings (SSSR count). The van der Waals surface area contributed by atoms with Crippen molar-refractivity contribution in [2.45, 2.75) is 0 Å². The molecule has 0 unspecified atom stereocenters. The normalized spacial score (nSPS) is 6.55. The zero-order chi connectivity index (χ0) is 5.98. The summed E-state index contributed by atoms with van der Waals surface area (Å²) in [5.41, 5.74) is 0. The van der Waals surface area contributed by atoms with Gasteiger partial charge in [-0.2, -0.15) is 0 Å². The Morgan fingerprint density at radius 3 is 1.73 bits per heavy atom. The summed E-state index contributed by atoms with van der Waals surface area (Å²) in [6, 6.07) is 7.16. The minimum absolute atomic E-state index is 0. The lowest BCUT2D eigenvalue weighted by Crippen LogP contribution is -1.99. The van der Waals surface area contributed by atoms with E-state index in [-0.39, 0.29) is 37.2 Å². The summed E-state index contributed by atoms with van der Waals surface area (Å²) in [4.78, 5) is 0. The van der Waals surface area contributed by atoms with Crippen molar-refractivity contribution in [2.75, 3.05) is 0 Å². The van der Waals surface area contributed by atoms with Gasteiger partial charge in [0.25, 0.3) is 0 Å². The van der Waals surface area contributed by atoms with Crippen LogP contribution in [0.15, 0.2) is 24.3 Å². The molecule has 0 amide bonds. The van der Waals surface area contributed by atoms with E-state index in [1.807, 2.05) is 12.1 Å². The minimum atomic E-state index is 0. The summed E-state index contributed by atoms with van der Waals surface area (Å²) < 4.78 is 0.840. The van der Waals surface area contributed by atoms with Gasteiger partial charge >= 0.3 is 0 Å². The highest BCUT2D eigenvalue weighted by molar-refractivity contribution is 6.34. The second kappa shape index (κ2) is 8.52. The smallest absolute Gasteiger partial charge is 0.181 e. The maximum atomic E-state index is 8.90. The molecule has 0 aromatic heterocycles. The lowest BCUT2D eigenvalue weighted by atomic mass is 10.3. The van der Waals surface area contributed by atoms with E-state index < -0.39 is 0 Å². The highest BCUT2D eigenvalue weighted by Gasteiger charge is 1.85. The lowest BCUT2D eigenvalue weighted by molar-refractivity contribution is 0.479. The third-order valence-electron chi connectivity index (χ3n) is 0.937. The zero-order valence-electron chi connectivity index (χ0n) is 5.56. The Balaban J connectivity index is -0.000000213. The van der Waals surface area contributed by atoms with Crippen LogP contribution in [0.4, 0.5) is 0 Å². The van der Waals surface area contributed by atoms with Crippen LogP contribution in [0.5, 0.6) is 5.75 Å².